The number of nitrogens with zero attached hydrogens (tertiary/aromatic N) is 1. The Kier molecular flexibility index (Phi) is 5.62. The smallest absolute Gasteiger partial charge is 0.336 e. The maximum Gasteiger partial charge on any atom is 0.417 e. The Morgan fingerprint density at radius 2 is 1.95 bits per heavy atom. The van der Waals surface area contributed by atoms with Gasteiger partial charge in [0.15, 0.2) is 0 Å². The van der Waals surface area contributed by atoms with Gasteiger partial charge in [-0.3, -0.25) is 4.79 Å². The number of benzene rings is 1. The number of rotatable bonds is 4. The molecule has 0 unspecified atom stereocenters. The maximum atomic E-state index is 13.0. The van der Waals surface area contributed by atoms with Gasteiger partial charge in [-0.25, -0.2) is 0 Å². The molecule has 0 atom stereocenters. The van der Waals surface area contributed by atoms with Crippen molar-refractivity contribution in [3.63, 3.8) is 0 Å². The number of carbonyl (C=O) groups is 1. The van der Waals surface area contributed by atoms with E-state index in [1.165, 1.54) is 17.0 Å². The molecule has 0 fully saturated rings. The molecule has 0 aromatic heterocycles. The summed E-state index contributed by atoms with van der Waals surface area (Å²) >= 11 is 3.01. The summed E-state index contributed by atoms with van der Waals surface area (Å²) in [5, 5.41) is 0. The van der Waals surface area contributed by atoms with Gasteiger partial charge < -0.3 is 4.90 Å². The number of hydrogen-bond acceptors (Lipinski definition) is 1. The van der Waals surface area contributed by atoms with Crippen molar-refractivity contribution >= 4 is 21.8 Å². The number of carbonyl (C=O) groups excluding carboxylic acids is 1. The van der Waals surface area contributed by atoms with Crippen molar-refractivity contribution in [3.8, 4) is 0 Å². The highest BCUT2D eigenvalue weighted by Crippen LogP contribution is 2.34. The minimum atomic E-state index is -4.55. The number of amides is 1. The van der Waals surface area contributed by atoms with Gasteiger partial charge in [0.05, 0.1) is 11.1 Å². The standard InChI is InChI=1S/C14H17BrF3NO/c1-4-7-19(9(2)3)13(20)11-6-5-10(15)8-12(11)14(16,17)18/h5-6,8-9H,4,7H2,1-3H3. The zero-order chi connectivity index (χ0) is 15.5. The quantitative estimate of drug-likeness (QED) is 0.767. The molecule has 0 radical (unpaired) electrons. The number of hydrogen-bond donors (Lipinski definition) is 0. The molecule has 20 heavy (non-hydrogen) atoms. The molecule has 0 bridgehead atoms. The molecule has 1 amide bonds. The molecule has 1 rings (SSSR count). The average molecular weight is 352 g/mol. The lowest BCUT2D eigenvalue weighted by molar-refractivity contribution is -0.138. The normalized spacial score (nSPS) is 11.8. The Labute approximate surface area is 125 Å². The predicted octanol–water partition coefficient (Wildman–Crippen LogP) is 4.73. The fourth-order valence-corrected chi connectivity index (χ4v) is 2.29. The van der Waals surface area contributed by atoms with Gasteiger partial charge in [-0.2, -0.15) is 13.2 Å². The minimum absolute atomic E-state index is 0.146. The Bertz CT molecular complexity index is 486. The van der Waals surface area contributed by atoms with Gasteiger partial charge in [0.2, 0.25) is 0 Å². The van der Waals surface area contributed by atoms with Crippen LogP contribution in [0.3, 0.4) is 0 Å². The largest absolute Gasteiger partial charge is 0.417 e. The van der Waals surface area contributed by atoms with Crippen molar-refractivity contribution in [2.45, 2.75) is 39.4 Å². The molecular formula is C14H17BrF3NO. The van der Waals surface area contributed by atoms with E-state index in [-0.39, 0.29) is 11.6 Å². The molecule has 1 aromatic carbocycles. The molecule has 0 aliphatic heterocycles. The third-order valence-corrected chi connectivity index (χ3v) is 3.36. The monoisotopic (exact) mass is 351 g/mol. The number of alkyl halides is 3. The summed E-state index contributed by atoms with van der Waals surface area (Å²) in [5.74, 6) is -0.582. The zero-order valence-corrected chi connectivity index (χ0v) is 13.2. The van der Waals surface area contributed by atoms with E-state index in [0.29, 0.717) is 17.4 Å². The van der Waals surface area contributed by atoms with E-state index in [0.717, 1.165) is 6.07 Å². The Hall–Kier alpha value is -1.04. The highest BCUT2D eigenvalue weighted by Gasteiger charge is 2.36. The van der Waals surface area contributed by atoms with E-state index in [1.54, 1.807) is 13.8 Å². The van der Waals surface area contributed by atoms with E-state index < -0.39 is 17.6 Å². The van der Waals surface area contributed by atoms with E-state index in [9.17, 15) is 18.0 Å². The van der Waals surface area contributed by atoms with Crippen molar-refractivity contribution in [1.82, 2.24) is 4.90 Å². The molecule has 0 saturated heterocycles. The molecular weight excluding hydrogens is 335 g/mol. The SMILES string of the molecule is CCCN(C(=O)c1ccc(Br)cc1C(F)(F)F)C(C)C. The summed E-state index contributed by atoms with van der Waals surface area (Å²) in [6, 6.07) is 3.47. The molecule has 0 spiro atoms. The van der Waals surface area contributed by atoms with Crippen LogP contribution in [0.4, 0.5) is 13.2 Å². The number of halogens is 4. The molecule has 0 aliphatic rings. The first-order chi connectivity index (χ1) is 9.18. The Morgan fingerprint density at radius 3 is 2.40 bits per heavy atom. The van der Waals surface area contributed by atoms with Crippen LogP contribution in [0.2, 0.25) is 0 Å². The second-order valence-electron chi connectivity index (χ2n) is 4.78. The van der Waals surface area contributed by atoms with Crippen LogP contribution in [0.25, 0.3) is 0 Å². The summed E-state index contributed by atoms with van der Waals surface area (Å²) < 4.78 is 39.4. The van der Waals surface area contributed by atoms with Gasteiger partial charge in [0.1, 0.15) is 0 Å². The van der Waals surface area contributed by atoms with Crippen molar-refractivity contribution in [1.29, 1.82) is 0 Å². The summed E-state index contributed by atoms with van der Waals surface area (Å²) in [5.41, 5.74) is -1.21. The van der Waals surface area contributed by atoms with Gasteiger partial charge >= 0.3 is 6.18 Å². The van der Waals surface area contributed by atoms with Crippen molar-refractivity contribution < 1.29 is 18.0 Å². The minimum Gasteiger partial charge on any atom is -0.336 e. The lowest BCUT2D eigenvalue weighted by Crippen LogP contribution is -2.38. The van der Waals surface area contributed by atoms with Crippen LogP contribution in [0.15, 0.2) is 22.7 Å². The Balaban J connectivity index is 3.28. The van der Waals surface area contributed by atoms with Gasteiger partial charge in [0.25, 0.3) is 5.91 Å². The van der Waals surface area contributed by atoms with Crippen LogP contribution in [0.1, 0.15) is 43.1 Å². The van der Waals surface area contributed by atoms with E-state index in [1.807, 2.05) is 6.92 Å². The van der Waals surface area contributed by atoms with Crippen LogP contribution in [-0.2, 0) is 6.18 Å². The van der Waals surface area contributed by atoms with Crippen molar-refractivity contribution in [2.75, 3.05) is 6.54 Å². The maximum absolute atomic E-state index is 13.0. The molecule has 0 saturated carbocycles. The van der Waals surface area contributed by atoms with Crippen LogP contribution < -0.4 is 0 Å². The summed E-state index contributed by atoms with van der Waals surface area (Å²) in [6.45, 7) is 5.90. The first-order valence-corrected chi connectivity index (χ1v) is 7.15. The molecule has 0 N–H and O–H groups in total. The third-order valence-electron chi connectivity index (χ3n) is 2.87. The fraction of sp³-hybridized carbons (Fsp3) is 0.500. The van der Waals surface area contributed by atoms with Gasteiger partial charge in [0, 0.05) is 17.1 Å². The molecule has 2 nitrogen and oxygen atoms in total. The van der Waals surface area contributed by atoms with Gasteiger partial charge in [-0.05, 0) is 38.5 Å². The lowest BCUT2D eigenvalue weighted by Gasteiger charge is -2.27. The summed E-state index contributed by atoms with van der Waals surface area (Å²) in [7, 11) is 0. The molecule has 112 valence electrons. The topological polar surface area (TPSA) is 20.3 Å². The molecule has 0 aliphatic carbocycles. The summed E-state index contributed by atoms with van der Waals surface area (Å²) in [4.78, 5) is 13.8. The lowest BCUT2D eigenvalue weighted by atomic mass is 10.0. The van der Waals surface area contributed by atoms with Gasteiger partial charge in [-0.1, -0.05) is 22.9 Å². The molecule has 1 aromatic rings. The van der Waals surface area contributed by atoms with Crippen molar-refractivity contribution in [3.05, 3.63) is 33.8 Å². The van der Waals surface area contributed by atoms with E-state index in [2.05, 4.69) is 15.9 Å². The van der Waals surface area contributed by atoms with E-state index >= 15 is 0 Å². The molecule has 6 heteroatoms. The zero-order valence-electron chi connectivity index (χ0n) is 11.6. The molecule has 0 heterocycles. The first-order valence-electron chi connectivity index (χ1n) is 6.36. The Morgan fingerprint density at radius 1 is 1.35 bits per heavy atom. The second kappa shape index (κ2) is 6.61. The highest BCUT2D eigenvalue weighted by molar-refractivity contribution is 9.10. The van der Waals surface area contributed by atoms with Gasteiger partial charge in [-0.15, -0.1) is 0 Å². The van der Waals surface area contributed by atoms with E-state index in [4.69, 9.17) is 0 Å². The van der Waals surface area contributed by atoms with Crippen LogP contribution in [0, 0.1) is 0 Å². The van der Waals surface area contributed by atoms with Crippen LogP contribution in [-0.4, -0.2) is 23.4 Å². The third kappa shape index (κ3) is 3.98. The van der Waals surface area contributed by atoms with Crippen LogP contribution in [0.5, 0.6) is 0 Å². The average Bonchev–Trinajstić information content (AvgIpc) is 2.33. The van der Waals surface area contributed by atoms with Crippen molar-refractivity contribution in [2.24, 2.45) is 0 Å². The summed E-state index contributed by atoms with van der Waals surface area (Å²) in [6.07, 6.45) is -3.86. The predicted molar refractivity (Wildman–Crippen MR) is 75.6 cm³/mol. The first kappa shape index (κ1) is 17.0. The fourth-order valence-electron chi connectivity index (χ4n) is 1.93. The highest BCUT2D eigenvalue weighted by atomic mass is 79.9. The second-order valence-corrected chi connectivity index (χ2v) is 5.70. The van der Waals surface area contributed by atoms with Crippen LogP contribution >= 0.6 is 15.9 Å².